The Hall–Kier alpha value is 0.150. The van der Waals surface area contributed by atoms with Crippen LogP contribution in [0.5, 0.6) is 0 Å². The summed E-state index contributed by atoms with van der Waals surface area (Å²) in [4.78, 5) is 0. The summed E-state index contributed by atoms with van der Waals surface area (Å²) in [7, 11) is -1.84. The summed E-state index contributed by atoms with van der Waals surface area (Å²) in [5, 5.41) is 0. The van der Waals surface area contributed by atoms with Crippen LogP contribution in [-0.4, -0.2) is 6.16 Å². The largest absolute Gasteiger partial charge is 0.295 e. The number of hydrogen-bond donors (Lipinski definition) is 1. The molecule has 0 aromatic carbocycles. The number of nitrogens with two attached hydrogens (primary N) is 1. The van der Waals surface area contributed by atoms with Gasteiger partial charge < -0.3 is 0 Å². The highest BCUT2D eigenvalue weighted by Crippen LogP contribution is 2.15. The molecule has 0 amide bonds. The van der Waals surface area contributed by atoms with E-state index in [0.29, 0.717) is 6.16 Å². The molecule has 38 valence electrons. The van der Waals surface area contributed by atoms with Gasteiger partial charge in [0, 0.05) is 6.16 Å². The smallest absolute Gasteiger partial charge is 0.209 e. The van der Waals surface area contributed by atoms with E-state index >= 15 is 0 Å². The zero-order valence-electron chi connectivity index (χ0n) is 3.60. The van der Waals surface area contributed by atoms with E-state index < -0.39 is 8.03 Å². The molecular weight excluding hydrogens is 101 g/mol. The topological polar surface area (TPSA) is 52.3 Å². The highest BCUT2D eigenvalue weighted by atomic mass is 31.1. The maximum absolute atomic E-state index is 10.0. The maximum Gasteiger partial charge on any atom is 0.209 e. The van der Waals surface area contributed by atoms with E-state index in [1.807, 2.05) is 0 Å². The normalized spacial score (nSPS) is 14.3. The summed E-state index contributed by atoms with van der Waals surface area (Å²) in [6.07, 6.45) is 0.529. The zero-order valence-corrected chi connectivity index (χ0v) is 4.60. The van der Waals surface area contributed by atoms with Crippen molar-refractivity contribution in [2.45, 2.75) is 6.92 Å². The molecular formula is C2H8NO2P. The number of rotatable bonds is 2. The zero-order chi connectivity index (χ0) is 4.99. The molecule has 0 aliphatic rings. The van der Waals surface area contributed by atoms with Crippen molar-refractivity contribution in [3.8, 4) is 0 Å². The Bertz CT molecular complexity index is 49.5. The van der Waals surface area contributed by atoms with Crippen LogP contribution in [0.2, 0.25) is 0 Å². The Balaban J connectivity index is 2.99. The van der Waals surface area contributed by atoms with Crippen molar-refractivity contribution in [2.75, 3.05) is 6.16 Å². The predicted molar refractivity (Wildman–Crippen MR) is 24.8 cm³/mol. The van der Waals surface area contributed by atoms with Gasteiger partial charge in [0.2, 0.25) is 8.03 Å². The first-order chi connectivity index (χ1) is 2.81. The third-order valence-electron chi connectivity index (χ3n) is 0.420. The molecule has 3 nitrogen and oxygen atoms in total. The fourth-order valence-corrected chi connectivity index (χ4v) is 0.250. The van der Waals surface area contributed by atoms with Crippen molar-refractivity contribution in [1.29, 1.82) is 0 Å². The molecule has 0 aromatic heterocycles. The average molecular weight is 109 g/mol. The molecule has 0 aliphatic heterocycles. The van der Waals surface area contributed by atoms with Crippen LogP contribution >= 0.6 is 8.03 Å². The van der Waals surface area contributed by atoms with E-state index in [-0.39, 0.29) is 0 Å². The van der Waals surface area contributed by atoms with Crippen LogP contribution in [0, 0.1) is 0 Å². The molecule has 0 rings (SSSR count). The molecule has 0 bridgehead atoms. The highest BCUT2D eigenvalue weighted by Gasteiger charge is 1.84. The number of hydrogen-bond acceptors (Lipinski definition) is 3. The van der Waals surface area contributed by atoms with Crippen LogP contribution < -0.4 is 5.90 Å². The van der Waals surface area contributed by atoms with Crippen molar-refractivity contribution >= 4 is 8.03 Å². The first kappa shape index (κ1) is 6.15. The quantitative estimate of drug-likeness (QED) is 0.411. The summed E-state index contributed by atoms with van der Waals surface area (Å²) in [6.45, 7) is 1.76. The van der Waals surface area contributed by atoms with E-state index in [2.05, 4.69) is 10.5 Å². The maximum atomic E-state index is 10.0. The first-order valence-corrected chi connectivity index (χ1v) is 3.23. The van der Waals surface area contributed by atoms with Gasteiger partial charge in [-0.2, -0.15) is 0 Å². The minimum absolute atomic E-state index is 0.529. The second kappa shape index (κ2) is 3.34. The second-order valence-electron chi connectivity index (χ2n) is 0.843. The van der Waals surface area contributed by atoms with Gasteiger partial charge in [0.25, 0.3) is 0 Å². The van der Waals surface area contributed by atoms with Gasteiger partial charge in [-0.05, 0) is 0 Å². The van der Waals surface area contributed by atoms with Crippen molar-refractivity contribution in [3.05, 3.63) is 0 Å². The van der Waals surface area contributed by atoms with Crippen LogP contribution in [0.3, 0.4) is 0 Å². The van der Waals surface area contributed by atoms with Gasteiger partial charge in [-0.15, -0.1) is 0 Å². The van der Waals surface area contributed by atoms with Gasteiger partial charge in [0.05, 0.1) is 0 Å². The van der Waals surface area contributed by atoms with E-state index in [9.17, 15) is 4.57 Å². The van der Waals surface area contributed by atoms with Crippen LogP contribution in [0.15, 0.2) is 0 Å². The van der Waals surface area contributed by atoms with Gasteiger partial charge in [-0.3, -0.25) is 4.57 Å². The van der Waals surface area contributed by atoms with Gasteiger partial charge in [-0.1, -0.05) is 6.92 Å². The van der Waals surface area contributed by atoms with Gasteiger partial charge in [0.15, 0.2) is 0 Å². The van der Waals surface area contributed by atoms with E-state index in [0.717, 1.165) is 0 Å². The van der Waals surface area contributed by atoms with Crippen molar-refractivity contribution in [1.82, 2.24) is 0 Å². The first-order valence-electron chi connectivity index (χ1n) is 1.70. The van der Waals surface area contributed by atoms with E-state index in [4.69, 9.17) is 0 Å². The van der Waals surface area contributed by atoms with Crippen molar-refractivity contribution in [2.24, 2.45) is 5.90 Å². The fourth-order valence-electron chi connectivity index (χ4n) is 0.0833. The van der Waals surface area contributed by atoms with Gasteiger partial charge >= 0.3 is 0 Å². The Kier molecular flexibility index (Phi) is 3.43. The van der Waals surface area contributed by atoms with Crippen LogP contribution in [0.1, 0.15) is 6.92 Å². The summed E-state index contributed by atoms with van der Waals surface area (Å²) in [5.41, 5.74) is 0. The molecule has 0 saturated heterocycles. The average Bonchev–Trinajstić information content (AvgIpc) is 1.65. The predicted octanol–water partition coefficient (Wildman–Crippen LogP) is 0.371. The van der Waals surface area contributed by atoms with Gasteiger partial charge in [-0.25, -0.2) is 10.5 Å². The molecule has 0 spiro atoms. The molecule has 4 heteroatoms. The lowest BCUT2D eigenvalue weighted by Crippen LogP contribution is -1.87. The van der Waals surface area contributed by atoms with Gasteiger partial charge in [0.1, 0.15) is 0 Å². The molecule has 1 unspecified atom stereocenters. The van der Waals surface area contributed by atoms with Crippen LogP contribution in [-0.2, 0) is 9.19 Å². The molecule has 0 radical (unpaired) electrons. The fraction of sp³-hybridized carbons (Fsp3) is 1.00. The molecule has 0 fully saturated rings. The molecule has 1 atom stereocenters. The summed E-state index contributed by atoms with van der Waals surface area (Å²) < 4.78 is 14.0. The minimum atomic E-state index is -1.84. The molecule has 0 saturated carbocycles. The highest BCUT2D eigenvalue weighted by molar-refractivity contribution is 7.38. The second-order valence-corrected chi connectivity index (χ2v) is 2.53. The minimum Gasteiger partial charge on any atom is -0.295 e. The standard InChI is InChI=1S/C2H8NO2P/c1-2-6(4)5-3/h6H,2-3H2,1H3. The Morgan fingerprint density at radius 2 is 2.50 bits per heavy atom. The molecule has 6 heavy (non-hydrogen) atoms. The monoisotopic (exact) mass is 109 g/mol. The summed E-state index contributed by atoms with van der Waals surface area (Å²) in [6, 6.07) is 0. The van der Waals surface area contributed by atoms with Crippen LogP contribution in [0.25, 0.3) is 0 Å². The Morgan fingerprint density at radius 3 is 2.50 bits per heavy atom. The summed E-state index contributed by atoms with van der Waals surface area (Å²) >= 11 is 0. The SMILES string of the molecule is CC[PH](=O)ON. The Labute approximate surface area is 37.3 Å². The lowest BCUT2D eigenvalue weighted by Gasteiger charge is -1.86. The molecule has 2 N–H and O–H groups in total. The lowest BCUT2D eigenvalue weighted by atomic mass is 11.0. The van der Waals surface area contributed by atoms with Crippen molar-refractivity contribution < 1.29 is 9.19 Å². The molecule has 0 aliphatic carbocycles. The van der Waals surface area contributed by atoms with Crippen molar-refractivity contribution in [3.63, 3.8) is 0 Å². The Morgan fingerprint density at radius 1 is 2.00 bits per heavy atom. The summed E-state index contributed by atoms with van der Waals surface area (Å²) in [5.74, 6) is 4.52. The van der Waals surface area contributed by atoms with E-state index in [1.54, 1.807) is 6.92 Å². The lowest BCUT2D eigenvalue weighted by molar-refractivity contribution is 0.346. The third-order valence-corrected chi connectivity index (χ3v) is 1.26. The molecule has 0 heterocycles. The third kappa shape index (κ3) is 2.39. The molecule has 0 aromatic rings. The van der Waals surface area contributed by atoms with E-state index in [1.165, 1.54) is 0 Å². The van der Waals surface area contributed by atoms with Crippen LogP contribution in [0.4, 0.5) is 0 Å².